The van der Waals surface area contributed by atoms with E-state index in [0.29, 0.717) is 0 Å². The SMILES string of the molecule is CCc1ccccc1C(NN)c1cc(OC)ccc1OC. The van der Waals surface area contributed by atoms with Crippen molar-refractivity contribution in [1.29, 1.82) is 0 Å². The van der Waals surface area contributed by atoms with Crippen LogP contribution in [0.1, 0.15) is 29.7 Å². The number of methoxy groups -OCH3 is 2. The van der Waals surface area contributed by atoms with Crippen LogP contribution < -0.4 is 20.7 Å². The average Bonchev–Trinajstić information content (AvgIpc) is 2.55. The van der Waals surface area contributed by atoms with Crippen molar-refractivity contribution in [2.45, 2.75) is 19.4 Å². The van der Waals surface area contributed by atoms with Gasteiger partial charge in [-0.05, 0) is 35.7 Å². The van der Waals surface area contributed by atoms with E-state index in [-0.39, 0.29) is 6.04 Å². The minimum absolute atomic E-state index is 0.147. The molecule has 1 atom stereocenters. The number of nitrogens with two attached hydrogens (primary N) is 1. The van der Waals surface area contributed by atoms with Gasteiger partial charge in [0, 0.05) is 5.56 Å². The molecular weight excluding hydrogens is 264 g/mol. The Bertz CT molecular complexity index is 599. The van der Waals surface area contributed by atoms with Gasteiger partial charge in [-0.2, -0.15) is 0 Å². The molecule has 0 radical (unpaired) electrons. The van der Waals surface area contributed by atoms with Crippen LogP contribution in [0.5, 0.6) is 11.5 Å². The Morgan fingerprint density at radius 3 is 2.43 bits per heavy atom. The molecule has 0 fully saturated rings. The highest BCUT2D eigenvalue weighted by atomic mass is 16.5. The van der Waals surface area contributed by atoms with Crippen LogP contribution in [0, 0.1) is 0 Å². The second-order valence-electron chi connectivity index (χ2n) is 4.76. The second-order valence-corrected chi connectivity index (χ2v) is 4.76. The van der Waals surface area contributed by atoms with Crippen molar-refractivity contribution in [1.82, 2.24) is 5.43 Å². The lowest BCUT2D eigenvalue weighted by molar-refractivity contribution is 0.394. The largest absolute Gasteiger partial charge is 0.497 e. The van der Waals surface area contributed by atoms with E-state index in [2.05, 4.69) is 24.5 Å². The van der Waals surface area contributed by atoms with E-state index < -0.39 is 0 Å². The summed E-state index contributed by atoms with van der Waals surface area (Å²) < 4.78 is 10.8. The fraction of sp³-hybridized carbons (Fsp3) is 0.294. The zero-order chi connectivity index (χ0) is 15.2. The molecule has 1 unspecified atom stereocenters. The molecule has 0 saturated heterocycles. The third kappa shape index (κ3) is 3.17. The first-order valence-corrected chi connectivity index (χ1v) is 7.01. The molecule has 4 heteroatoms. The van der Waals surface area contributed by atoms with Crippen LogP contribution >= 0.6 is 0 Å². The molecule has 3 N–H and O–H groups in total. The summed E-state index contributed by atoms with van der Waals surface area (Å²) >= 11 is 0. The highest BCUT2D eigenvalue weighted by molar-refractivity contribution is 5.47. The van der Waals surface area contributed by atoms with Crippen molar-refractivity contribution in [3.05, 3.63) is 59.2 Å². The lowest BCUT2D eigenvalue weighted by atomic mass is 9.93. The minimum Gasteiger partial charge on any atom is -0.497 e. The summed E-state index contributed by atoms with van der Waals surface area (Å²) in [5.41, 5.74) is 6.26. The van der Waals surface area contributed by atoms with Crippen LogP contribution in [-0.4, -0.2) is 14.2 Å². The van der Waals surface area contributed by atoms with Gasteiger partial charge in [0.05, 0.1) is 20.3 Å². The third-order valence-electron chi connectivity index (χ3n) is 3.66. The van der Waals surface area contributed by atoms with Crippen molar-refractivity contribution in [3.8, 4) is 11.5 Å². The van der Waals surface area contributed by atoms with Crippen LogP contribution in [0.3, 0.4) is 0 Å². The third-order valence-corrected chi connectivity index (χ3v) is 3.66. The van der Waals surface area contributed by atoms with Crippen LogP contribution in [0.25, 0.3) is 0 Å². The van der Waals surface area contributed by atoms with E-state index in [1.54, 1.807) is 14.2 Å². The molecule has 0 bridgehead atoms. The first-order chi connectivity index (χ1) is 10.2. The molecule has 0 heterocycles. The van der Waals surface area contributed by atoms with Crippen molar-refractivity contribution >= 4 is 0 Å². The molecule has 21 heavy (non-hydrogen) atoms. The number of ether oxygens (including phenoxy) is 2. The van der Waals surface area contributed by atoms with Gasteiger partial charge in [-0.1, -0.05) is 31.2 Å². The zero-order valence-corrected chi connectivity index (χ0v) is 12.7. The number of hydrazine groups is 1. The van der Waals surface area contributed by atoms with Crippen molar-refractivity contribution in [2.75, 3.05) is 14.2 Å². The Morgan fingerprint density at radius 2 is 1.81 bits per heavy atom. The average molecular weight is 286 g/mol. The van der Waals surface area contributed by atoms with Crippen LogP contribution in [0.4, 0.5) is 0 Å². The van der Waals surface area contributed by atoms with E-state index in [4.69, 9.17) is 15.3 Å². The van der Waals surface area contributed by atoms with Gasteiger partial charge in [0.15, 0.2) is 0 Å². The summed E-state index contributed by atoms with van der Waals surface area (Å²) in [5, 5.41) is 0. The van der Waals surface area contributed by atoms with Crippen LogP contribution in [0.2, 0.25) is 0 Å². The van der Waals surface area contributed by atoms with Gasteiger partial charge in [0.25, 0.3) is 0 Å². The standard InChI is InChI=1S/C17H22N2O2/c1-4-12-7-5-6-8-14(12)17(19-18)15-11-13(20-2)9-10-16(15)21-3/h5-11,17,19H,4,18H2,1-3H3. The summed E-state index contributed by atoms with van der Waals surface area (Å²) in [6, 6.07) is 13.8. The molecule has 4 nitrogen and oxygen atoms in total. The Kier molecular flexibility index (Phi) is 5.20. The van der Waals surface area contributed by atoms with Crippen molar-refractivity contribution < 1.29 is 9.47 Å². The Balaban J connectivity index is 2.55. The van der Waals surface area contributed by atoms with Gasteiger partial charge in [0.1, 0.15) is 11.5 Å². The lowest BCUT2D eigenvalue weighted by Crippen LogP contribution is -2.30. The first-order valence-electron chi connectivity index (χ1n) is 7.01. The minimum atomic E-state index is -0.147. The number of benzene rings is 2. The number of aryl methyl sites for hydroxylation is 1. The van der Waals surface area contributed by atoms with Gasteiger partial charge < -0.3 is 9.47 Å². The normalized spacial score (nSPS) is 12.0. The summed E-state index contributed by atoms with van der Waals surface area (Å²) in [4.78, 5) is 0. The molecule has 0 amide bonds. The van der Waals surface area contributed by atoms with Gasteiger partial charge in [-0.25, -0.2) is 5.43 Å². The number of hydrogen-bond acceptors (Lipinski definition) is 4. The monoisotopic (exact) mass is 286 g/mol. The van der Waals surface area contributed by atoms with Crippen LogP contribution in [0.15, 0.2) is 42.5 Å². The molecule has 0 aliphatic carbocycles. The molecule has 2 aromatic rings. The highest BCUT2D eigenvalue weighted by Gasteiger charge is 2.20. The highest BCUT2D eigenvalue weighted by Crippen LogP contribution is 2.34. The topological polar surface area (TPSA) is 56.5 Å². The maximum absolute atomic E-state index is 5.83. The first kappa shape index (κ1) is 15.4. The van der Waals surface area contributed by atoms with Gasteiger partial charge >= 0.3 is 0 Å². The molecule has 0 aromatic heterocycles. The Labute approximate surface area is 125 Å². The van der Waals surface area contributed by atoms with E-state index in [1.165, 1.54) is 5.56 Å². The quantitative estimate of drug-likeness (QED) is 0.633. The second kappa shape index (κ2) is 7.11. The maximum Gasteiger partial charge on any atom is 0.124 e. The number of hydrogen-bond donors (Lipinski definition) is 2. The summed E-state index contributed by atoms with van der Waals surface area (Å²) in [6.45, 7) is 2.13. The van der Waals surface area contributed by atoms with E-state index in [1.807, 2.05) is 30.3 Å². The Morgan fingerprint density at radius 1 is 1.05 bits per heavy atom. The Hall–Kier alpha value is -2.04. The number of nitrogens with one attached hydrogen (secondary N) is 1. The fourth-order valence-electron chi connectivity index (χ4n) is 2.55. The van der Waals surface area contributed by atoms with Crippen LogP contribution in [-0.2, 0) is 6.42 Å². The number of rotatable bonds is 6. The van der Waals surface area contributed by atoms with E-state index in [9.17, 15) is 0 Å². The van der Waals surface area contributed by atoms with Crippen molar-refractivity contribution in [3.63, 3.8) is 0 Å². The molecule has 2 rings (SSSR count). The maximum atomic E-state index is 5.83. The molecule has 2 aromatic carbocycles. The predicted molar refractivity (Wildman–Crippen MR) is 84.5 cm³/mol. The molecule has 0 aliphatic heterocycles. The van der Waals surface area contributed by atoms with Gasteiger partial charge in [0.2, 0.25) is 0 Å². The molecule has 0 saturated carbocycles. The molecule has 0 spiro atoms. The molecule has 0 aliphatic rings. The summed E-state index contributed by atoms with van der Waals surface area (Å²) in [7, 11) is 3.31. The van der Waals surface area contributed by atoms with Crippen molar-refractivity contribution in [2.24, 2.45) is 5.84 Å². The lowest BCUT2D eigenvalue weighted by Gasteiger charge is -2.22. The molecular formula is C17H22N2O2. The smallest absolute Gasteiger partial charge is 0.124 e. The van der Waals surface area contributed by atoms with Gasteiger partial charge in [-0.3, -0.25) is 5.84 Å². The fourth-order valence-corrected chi connectivity index (χ4v) is 2.55. The summed E-state index contributed by atoms with van der Waals surface area (Å²) in [5.74, 6) is 7.39. The summed E-state index contributed by atoms with van der Waals surface area (Å²) in [6.07, 6.45) is 0.945. The zero-order valence-electron chi connectivity index (χ0n) is 12.7. The van der Waals surface area contributed by atoms with E-state index in [0.717, 1.165) is 29.0 Å². The molecule has 112 valence electrons. The van der Waals surface area contributed by atoms with Gasteiger partial charge in [-0.15, -0.1) is 0 Å². The van der Waals surface area contributed by atoms with E-state index >= 15 is 0 Å². The predicted octanol–water partition coefficient (Wildman–Crippen LogP) is 2.82.